The number of halogens is 3. The number of amides is 1. The molecule has 0 bridgehead atoms. The Morgan fingerprint density at radius 2 is 2.12 bits per heavy atom. The average molecular weight is 248 g/mol. The Bertz CT molecular complexity index is 401. The quantitative estimate of drug-likeness (QED) is 0.816. The van der Waals surface area contributed by atoms with Crippen molar-refractivity contribution in [2.24, 2.45) is 0 Å². The van der Waals surface area contributed by atoms with Gasteiger partial charge in [-0.05, 0) is 18.6 Å². The lowest BCUT2D eigenvalue weighted by molar-refractivity contribution is -0.113. The van der Waals surface area contributed by atoms with Crippen molar-refractivity contribution in [3.05, 3.63) is 29.3 Å². The molecule has 1 amide bonds. The Morgan fingerprint density at radius 1 is 1.50 bits per heavy atom. The summed E-state index contributed by atoms with van der Waals surface area (Å²) >= 11 is 5.32. The molecule has 0 radical (unpaired) electrons. The predicted octanol–water partition coefficient (Wildman–Crippen LogP) is 3.28. The summed E-state index contributed by atoms with van der Waals surface area (Å²) in [5.74, 6) is -3.54. The minimum atomic E-state index is -2.92. The monoisotopic (exact) mass is 247 g/mol. The summed E-state index contributed by atoms with van der Waals surface area (Å²) in [6.45, 7) is 2.53. The van der Waals surface area contributed by atoms with Crippen molar-refractivity contribution >= 4 is 23.2 Å². The molecule has 0 unspecified atom stereocenters. The fraction of sp³-hybridized carbons (Fsp3) is 0.364. The van der Waals surface area contributed by atoms with Crippen LogP contribution in [0.1, 0.15) is 18.1 Å². The van der Waals surface area contributed by atoms with Gasteiger partial charge < -0.3 is 5.32 Å². The first-order valence-corrected chi connectivity index (χ1v) is 5.23. The molecule has 0 aliphatic carbocycles. The third kappa shape index (κ3) is 3.17. The number of carbonyl (C=O) groups is 1. The number of carbonyl (C=O) groups excluding carboxylic acids is 1. The van der Waals surface area contributed by atoms with E-state index in [1.807, 2.05) is 0 Å². The average Bonchev–Trinajstić information content (AvgIpc) is 2.19. The smallest absolute Gasteiger partial charge is 0.270 e. The summed E-state index contributed by atoms with van der Waals surface area (Å²) in [6.07, 6.45) is 0. The van der Waals surface area contributed by atoms with E-state index in [0.29, 0.717) is 11.3 Å². The molecule has 0 aliphatic rings. The van der Waals surface area contributed by atoms with Gasteiger partial charge in [-0.15, -0.1) is 11.6 Å². The van der Waals surface area contributed by atoms with Crippen LogP contribution in [0.5, 0.6) is 0 Å². The number of hydrogen-bond donors (Lipinski definition) is 1. The van der Waals surface area contributed by atoms with Crippen LogP contribution in [0.4, 0.5) is 14.5 Å². The lowest BCUT2D eigenvalue weighted by Gasteiger charge is -2.14. The third-order valence-corrected chi connectivity index (χ3v) is 2.38. The molecule has 5 heteroatoms. The molecule has 16 heavy (non-hydrogen) atoms. The molecule has 0 heterocycles. The van der Waals surface area contributed by atoms with Gasteiger partial charge in [0.2, 0.25) is 5.91 Å². The van der Waals surface area contributed by atoms with Crippen molar-refractivity contribution < 1.29 is 13.6 Å². The second kappa shape index (κ2) is 4.78. The molecule has 0 fully saturated rings. The Hall–Kier alpha value is -1.16. The van der Waals surface area contributed by atoms with Crippen molar-refractivity contribution in [2.45, 2.75) is 19.8 Å². The van der Waals surface area contributed by atoms with Crippen LogP contribution in [0, 0.1) is 6.92 Å². The molecular weight excluding hydrogens is 236 g/mol. The van der Waals surface area contributed by atoms with E-state index in [9.17, 15) is 13.6 Å². The van der Waals surface area contributed by atoms with Crippen LogP contribution >= 0.6 is 11.6 Å². The number of rotatable bonds is 3. The normalized spacial score (nSPS) is 11.3. The van der Waals surface area contributed by atoms with Crippen molar-refractivity contribution in [3.8, 4) is 0 Å². The van der Waals surface area contributed by atoms with Gasteiger partial charge in [-0.3, -0.25) is 4.79 Å². The number of benzene rings is 1. The van der Waals surface area contributed by atoms with E-state index in [-0.39, 0.29) is 11.4 Å². The number of hydrogen-bond acceptors (Lipinski definition) is 1. The molecule has 1 N–H and O–H groups in total. The third-order valence-electron chi connectivity index (χ3n) is 2.14. The zero-order valence-corrected chi connectivity index (χ0v) is 9.74. The number of anilines is 1. The molecule has 0 aromatic heterocycles. The summed E-state index contributed by atoms with van der Waals surface area (Å²) in [7, 11) is 0. The van der Waals surface area contributed by atoms with Gasteiger partial charge in [0.15, 0.2) is 0 Å². The molecule has 0 spiro atoms. The van der Waals surface area contributed by atoms with E-state index in [1.54, 1.807) is 6.92 Å². The van der Waals surface area contributed by atoms with Crippen LogP contribution in [0.25, 0.3) is 0 Å². The summed E-state index contributed by atoms with van der Waals surface area (Å²) in [4.78, 5) is 11.1. The summed E-state index contributed by atoms with van der Waals surface area (Å²) < 4.78 is 26.1. The lowest BCUT2D eigenvalue weighted by Crippen LogP contribution is -2.15. The molecule has 0 aliphatic heterocycles. The maximum atomic E-state index is 13.0. The van der Waals surface area contributed by atoms with Crippen LogP contribution in [-0.2, 0) is 10.7 Å². The first-order chi connectivity index (χ1) is 7.34. The van der Waals surface area contributed by atoms with Gasteiger partial charge in [-0.25, -0.2) is 8.78 Å². The topological polar surface area (TPSA) is 29.1 Å². The van der Waals surface area contributed by atoms with E-state index in [2.05, 4.69) is 5.32 Å². The van der Waals surface area contributed by atoms with Crippen molar-refractivity contribution in [2.75, 3.05) is 11.2 Å². The molecule has 2 nitrogen and oxygen atoms in total. The van der Waals surface area contributed by atoms with Gasteiger partial charge in [-0.2, -0.15) is 0 Å². The van der Waals surface area contributed by atoms with Gasteiger partial charge in [0.1, 0.15) is 5.88 Å². The molecular formula is C11H12ClF2NO. The first-order valence-electron chi connectivity index (χ1n) is 4.69. The molecule has 88 valence electrons. The maximum Gasteiger partial charge on any atom is 0.270 e. The van der Waals surface area contributed by atoms with Crippen LogP contribution in [0.2, 0.25) is 0 Å². The Morgan fingerprint density at radius 3 is 2.62 bits per heavy atom. The molecule has 1 aromatic carbocycles. The number of aryl methyl sites for hydroxylation is 1. The first kappa shape index (κ1) is 12.9. The highest BCUT2D eigenvalue weighted by molar-refractivity contribution is 6.29. The van der Waals surface area contributed by atoms with Crippen LogP contribution < -0.4 is 5.32 Å². The van der Waals surface area contributed by atoms with Gasteiger partial charge in [-0.1, -0.05) is 12.1 Å². The largest absolute Gasteiger partial charge is 0.325 e. The van der Waals surface area contributed by atoms with Gasteiger partial charge in [0.25, 0.3) is 5.92 Å². The fourth-order valence-corrected chi connectivity index (χ4v) is 1.28. The fourth-order valence-electron chi connectivity index (χ4n) is 1.21. The van der Waals surface area contributed by atoms with E-state index in [1.165, 1.54) is 18.2 Å². The van der Waals surface area contributed by atoms with Crippen molar-refractivity contribution in [1.29, 1.82) is 0 Å². The minimum Gasteiger partial charge on any atom is -0.325 e. The Balaban J connectivity index is 3.04. The highest BCUT2D eigenvalue weighted by atomic mass is 35.5. The van der Waals surface area contributed by atoms with Crippen LogP contribution in [0.3, 0.4) is 0 Å². The van der Waals surface area contributed by atoms with E-state index in [0.717, 1.165) is 6.92 Å². The van der Waals surface area contributed by atoms with Crippen molar-refractivity contribution in [3.63, 3.8) is 0 Å². The van der Waals surface area contributed by atoms with Gasteiger partial charge >= 0.3 is 0 Å². The van der Waals surface area contributed by atoms with Crippen molar-refractivity contribution in [1.82, 2.24) is 0 Å². The Labute approximate surface area is 97.6 Å². The Kier molecular flexibility index (Phi) is 3.86. The zero-order valence-electron chi connectivity index (χ0n) is 8.98. The van der Waals surface area contributed by atoms with E-state index in [4.69, 9.17) is 11.6 Å². The molecule has 0 saturated carbocycles. The zero-order chi connectivity index (χ0) is 12.3. The molecule has 1 aromatic rings. The van der Waals surface area contributed by atoms with Gasteiger partial charge in [0.05, 0.1) is 0 Å². The second-order valence-corrected chi connectivity index (χ2v) is 3.87. The van der Waals surface area contributed by atoms with E-state index >= 15 is 0 Å². The second-order valence-electron chi connectivity index (χ2n) is 3.60. The molecule has 0 saturated heterocycles. The SMILES string of the molecule is Cc1ccc(C(C)(F)F)cc1NC(=O)CCl. The summed E-state index contributed by atoms with van der Waals surface area (Å²) in [5, 5.41) is 2.47. The summed E-state index contributed by atoms with van der Waals surface area (Å²) in [6, 6.07) is 4.14. The highest BCUT2D eigenvalue weighted by Gasteiger charge is 2.24. The van der Waals surface area contributed by atoms with Crippen LogP contribution in [0.15, 0.2) is 18.2 Å². The highest BCUT2D eigenvalue weighted by Crippen LogP contribution is 2.30. The van der Waals surface area contributed by atoms with E-state index < -0.39 is 11.8 Å². The predicted molar refractivity (Wildman–Crippen MR) is 60.1 cm³/mol. The standard InChI is InChI=1S/C11H12ClF2NO/c1-7-3-4-8(11(2,13)14)5-9(7)15-10(16)6-12/h3-5H,6H2,1-2H3,(H,15,16). The number of nitrogens with one attached hydrogen (secondary N) is 1. The maximum absolute atomic E-state index is 13.0. The lowest BCUT2D eigenvalue weighted by atomic mass is 10.1. The van der Waals surface area contributed by atoms with Gasteiger partial charge in [0, 0.05) is 18.2 Å². The van der Waals surface area contributed by atoms with Crippen LogP contribution in [-0.4, -0.2) is 11.8 Å². The minimum absolute atomic E-state index is 0.136. The molecule has 0 atom stereocenters. The number of alkyl halides is 3. The molecule has 1 rings (SSSR count). The summed E-state index contributed by atoms with van der Waals surface area (Å²) in [5.41, 5.74) is 0.944.